The lowest BCUT2D eigenvalue weighted by molar-refractivity contribution is 0.700. The summed E-state index contributed by atoms with van der Waals surface area (Å²) in [5, 5.41) is 6.14. The van der Waals surface area contributed by atoms with Crippen LogP contribution in [0.3, 0.4) is 0 Å². The predicted octanol–water partition coefficient (Wildman–Crippen LogP) is 6.42. The molecule has 2 aromatic rings. The summed E-state index contributed by atoms with van der Waals surface area (Å²) >= 11 is 0. The van der Waals surface area contributed by atoms with Gasteiger partial charge in [-0.3, -0.25) is 0 Å². The highest BCUT2D eigenvalue weighted by Gasteiger charge is 2.51. The van der Waals surface area contributed by atoms with Gasteiger partial charge in [0.05, 0.1) is 11.4 Å². The highest BCUT2D eigenvalue weighted by molar-refractivity contribution is 8.02. The zero-order chi connectivity index (χ0) is 20.3. The Morgan fingerprint density at radius 2 is 1.30 bits per heavy atom. The van der Waals surface area contributed by atoms with Crippen LogP contribution in [0.4, 0.5) is 5.69 Å². The van der Waals surface area contributed by atoms with Crippen molar-refractivity contribution >= 4 is 26.5 Å². The van der Waals surface area contributed by atoms with Crippen LogP contribution in [0.5, 0.6) is 0 Å². The van der Waals surface area contributed by atoms with Gasteiger partial charge in [0.15, 0.2) is 0 Å². The van der Waals surface area contributed by atoms with Gasteiger partial charge in [0.25, 0.3) is 0 Å². The largest absolute Gasteiger partial charge is 0.375 e. The first kappa shape index (κ1) is 21.8. The van der Waals surface area contributed by atoms with Crippen molar-refractivity contribution in [2.75, 3.05) is 5.32 Å². The van der Waals surface area contributed by atoms with Gasteiger partial charge in [-0.15, -0.1) is 7.14 Å². The van der Waals surface area contributed by atoms with E-state index in [-0.39, 0.29) is 7.57 Å². The van der Waals surface area contributed by atoms with E-state index >= 15 is 0 Å². The molecule has 1 N–H and O–H groups in total. The predicted molar refractivity (Wildman–Crippen MR) is 130 cm³/mol. The summed E-state index contributed by atoms with van der Waals surface area (Å²) in [6.07, 6.45) is 2.51. The molecule has 3 heteroatoms. The second-order valence-corrected chi connectivity index (χ2v) is 12.8. The van der Waals surface area contributed by atoms with E-state index in [0.717, 1.165) is 0 Å². The molecule has 0 aliphatic heterocycles. The van der Waals surface area contributed by atoms with Crippen molar-refractivity contribution in [1.82, 2.24) is 0 Å². The molecule has 1 nitrogen and oxygen atoms in total. The van der Waals surface area contributed by atoms with Crippen LogP contribution in [0, 0.1) is 0 Å². The van der Waals surface area contributed by atoms with Crippen LogP contribution in [0.1, 0.15) is 54.0 Å². The Kier molecular flexibility index (Phi) is 6.64. The second-order valence-electron chi connectivity index (χ2n) is 8.89. The molecule has 27 heavy (non-hydrogen) atoms. The van der Waals surface area contributed by atoms with E-state index < -0.39 is 7.14 Å². The topological polar surface area (TPSA) is 12.0 Å². The first-order valence-corrected chi connectivity index (χ1v) is 10.8. The summed E-state index contributed by atoms with van der Waals surface area (Å²) in [7, 11) is -1.14. The number of rotatable bonds is 5. The molecule has 0 unspecified atom stereocenters. The minimum absolute atomic E-state index is 0.119. The van der Waals surface area contributed by atoms with Crippen molar-refractivity contribution in [3.63, 3.8) is 0 Å². The molecule has 2 rings (SSSR count). The Labute approximate surface area is 168 Å². The minimum atomic E-state index is -1.26. The highest BCUT2D eigenvalue weighted by atomic mass is 31.2. The maximum Gasteiger partial charge on any atom is 0.133 e. The van der Waals surface area contributed by atoms with Gasteiger partial charge >= 0.3 is 0 Å². The number of para-hydroxylation sites is 1. The first-order valence-electron chi connectivity index (χ1n) is 9.47. The van der Waals surface area contributed by atoms with E-state index in [0.29, 0.717) is 16.4 Å². The van der Waals surface area contributed by atoms with Crippen molar-refractivity contribution in [3.8, 4) is 0 Å². The van der Waals surface area contributed by atoms with Crippen LogP contribution < -0.4 is 5.32 Å². The van der Waals surface area contributed by atoms with E-state index in [1.165, 1.54) is 11.3 Å². The number of hydrogen-bond acceptors (Lipinski definition) is 1. The third-order valence-electron chi connectivity index (χ3n) is 4.31. The fourth-order valence-electron chi connectivity index (χ4n) is 3.74. The highest BCUT2D eigenvalue weighted by Crippen LogP contribution is 2.79. The second kappa shape index (κ2) is 8.23. The van der Waals surface area contributed by atoms with E-state index in [1.807, 2.05) is 0 Å². The summed E-state index contributed by atoms with van der Waals surface area (Å²) in [6.45, 7) is 17.2. The van der Waals surface area contributed by atoms with Gasteiger partial charge in [-0.05, 0) is 72.2 Å². The smallest absolute Gasteiger partial charge is 0.133 e. The van der Waals surface area contributed by atoms with Crippen molar-refractivity contribution in [1.29, 1.82) is 0 Å². The molecule has 0 heterocycles. The fourth-order valence-corrected chi connectivity index (χ4v) is 8.03. The molecule has 0 saturated carbocycles. The number of benzene rings is 2. The van der Waals surface area contributed by atoms with Crippen molar-refractivity contribution in [2.24, 2.45) is 0 Å². The lowest BCUT2D eigenvalue weighted by atomic mass is 10.1. The van der Waals surface area contributed by atoms with E-state index in [1.54, 1.807) is 5.31 Å². The van der Waals surface area contributed by atoms with Gasteiger partial charge in [0.1, 0.15) is 7.57 Å². The molecule has 0 radical (unpaired) electrons. The monoisotopic (exact) mass is 381 g/mol. The molecule has 0 aromatic heterocycles. The van der Waals surface area contributed by atoms with Crippen molar-refractivity contribution in [2.45, 2.75) is 64.8 Å². The average molecular weight is 381 g/mol. The normalized spacial score (nSPS) is 14.7. The van der Waals surface area contributed by atoms with Gasteiger partial charge < -0.3 is 5.32 Å². The molecular formula is C24H37BNP. The summed E-state index contributed by atoms with van der Waals surface area (Å²) in [5.74, 6) is 0. The maximum absolute atomic E-state index is 3.81. The third-order valence-corrected chi connectivity index (χ3v) is 8.03. The first-order chi connectivity index (χ1) is 12.5. The molecule has 0 saturated heterocycles. The van der Waals surface area contributed by atoms with Crippen LogP contribution >= 0.6 is 7.14 Å². The van der Waals surface area contributed by atoms with Crippen LogP contribution in [0.15, 0.2) is 66.0 Å². The quantitative estimate of drug-likeness (QED) is 0.465. The Morgan fingerprint density at radius 3 is 1.74 bits per heavy atom. The standard InChI is InChI=1S/C24H37BNP/c1-19(26-21-16-12-9-13-17-21)22(18-20-14-10-8-11-15-20)27(25,23(2,3)4)24(5,6)7/h8-19,26H,1-7,25H3/b22-18+/t19-/m0/s1. The summed E-state index contributed by atoms with van der Waals surface area (Å²) in [6, 6.07) is 21.9. The van der Waals surface area contributed by atoms with Gasteiger partial charge in [0.2, 0.25) is 0 Å². The lowest BCUT2D eigenvalue weighted by Crippen LogP contribution is -2.38. The lowest BCUT2D eigenvalue weighted by Gasteiger charge is -2.53. The van der Waals surface area contributed by atoms with Gasteiger partial charge in [-0.25, -0.2) is 0 Å². The molecular weight excluding hydrogens is 344 g/mol. The maximum atomic E-state index is 3.81. The molecule has 0 aliphatic rings. The Hall–Kier alpha value is -1.53. The Balaban J connectivity index is 2.60. The Morgan fingerprint density at radius 1 is 0.852 bits per heavy atom. The van der Waals surface area contributed by atoms with Gasteiger partial charge in [0, 0.05) is 16.0 Å². The molecule has 0 aliphatic carbocycles. The summed E-state index contributed by atoms with van der Waals surface area (Å²) in [5.41, 5.74) is 2.53. The zero-order valence-electron chi connectivity index (χ0n) is 17.4. The number of anilines is 1. The number of nitrogens with one attached hydrogen (secondary N) is 1. The minimum Gasteiger partial charge on any atom is -0.375 e. The molecule has 146 valence electrons. The van der Waals surface area contributed by atoms with Crippen LogP contribution in [-0.4, -0.2) is 23.9 Å². The van der Waals surface area contributed by atoms with E-state index in [4.69, 9.17) is 0 Å². The molecule has 0 fully saturated rings. The molecule has 0 bridgehead atoms. The zero-order valence-corrected chi connectivity index (χ0v) is 18.3. The average Bonchev–Trinajstić information content (AvgIpc) is 2.59. The number of hydrogen-bond donors (Lipinski definition) is 1. The molecule has 1 atom stereocenters. The van der Waals surface area contributed by atoms with Gasteiger partial charge in [-0.2, -0.15) is 0 Å². The molecule has 0 spiro atoms. The summed E-state index contributed by atoms with van der Waals surface area (Å²) in [4.78, 5) is 0. The van der Waals surface area contributed by atoms with Crippen molar-refractivity contribution in [3.05, 3.63) is 71.5 Å². The Bertz CT molecular complexity index is 740. The van der Waals surface area contributed by atoms with E-state index in [9.17, 15) is 0 Å². The summed E-state index contributed by atoms with van der Waals surface area (Å²) < 4.78 is 0. The molecule has 2 aromatic carbocycles. The van der Waals surface area contributed by atoms with E-state index in [2.05, 4.69) is 121 Å². The van der Waals surface area contributed by atoms with Crippen LogP contribution in [-0.2, 0) is 0 Å². The fraction of sp³-hybridized carbons (Fsp3) is 0.417. The SMILES string of the molecule is [BH3-][P+](/C(=C/c1ccccc1)[C@H](C)Nc1ccccc1)(C(C)(C)C)C(C)(C)C. The van der Waals surface area contributed by atoms with Crippen molar-refractivity contribution < 1.29 is 0 Å². The van der Waals surface area contributed by atoms with Crippen LogP contribution in [0.25, 0.3) is 6.08 Å². The third kappa shape index (κ3) is 4.85. The van der Waals surface area contributed by atoms with Gasteiger partial charge in [-0.1, -0.05) is 48.5 Å². The molecule has 0 amide bonds. The van der Waals surface area contributed by atoms with Crippen LogP contribution in [0.2, 0.25) is 0 Å².